The Bertz CT molecular complexity index is 380. The summed E-state index contributed by atoms with van der Waals surface area (Å²) < 4.78 is 0.968. The van der Waals surface area contributed by atoms with Crippen LogP contribution in [0, 0.1) is 0 Å². The molecule has 1 aromatic rings. The molecule has 1 aromatic carbocycles. The lowest BCUT2D eigenvalue weighted by molar-refractivity contribution is -0.125. The summed E-state index contributed by atoms with van der Waals surface area (Å²) in [5.74, 6) is -0.00407. The second-order valence-electron chi connectivity index (χ2n) is 3.45. The van der Waals surface area contributed by atoms with Crippen molar-refractivity contribution >= 4 is 27.5 Å². The average molecular weight is 255 g/mol. The number of rotatable bonds is 1. The fraction of sp³-hybridized carbons (Fsp3) is 0.300. The minimum Gasteiger partial charge on any atom is -0.318 e. The minimum atomic E-state index is -0.339. The molecule has 0 spiro atoms. The van der Waals surface area contributed by atoms with Crippen molar-refractivity contribution in [2.75, 3.05) is 4.90 Å². The molecule has 2 rings (SSSR count). The van der Waals surface area contributed by atoms with Gasteiger partial charge in [-0.3, -0.25) is 4.79 Å². The van der Waals surface area contributed by atoms with Gasteiger partial charge in [0.1, 0.15) is 6.04 Å². The summed E-state index contributed by atoms with van der Waals surface area (Å²) in [4.78, 5) is 13.2. The predicted molar refractivity (Wildman–Crippen MR) is 59.1 cm³/mol. The third kappa shape index (κ3) is 1.35. The Morgan fingerprint density at radius 2 is 2.21 bits per heavy atom. The Balaban J connectivity index is 2.29. The van der Waals surface area contributed by atoms with Crippen molar-refractivity contribution in [2.24, 2.45) is 5.73 Å². The maximum atomic E-state index is 11.5. The molecule has 0 saturated carbocycles. The smallest absolute Gasteiger partial charge is 0.246 e. The van der Waals surface area contributed by atoms with Crippen molar-refractivity contribution < 1.29 is 4.79 Å². The predicted octanol–water partition coefficient (Wildman–Crippen LogP) is 1.51. The molecule has 0 bridgehead atoms. The largest absolute Gasteiger partial charge is 0.318 e. The highest BCUT2D eigenvalue weighted by atomic mass is 79.9. The molecule has 4 heteroatoms. The Hall–Kier alpha value is -0.870. The van der Waals surface area contributed by atoms with Gasteiger partial charge in [0.2, 0.25) is 5.91 Å². The van der Waals surface area contributed by atoms with E-state index in [2.05, 4.69) is 15.9 Å². The van der Waals surface area contributed by atoms with Crippen LogP contribution < -0.4 is 10.6 Å². The van der Waals surface area contributed by atoms with Gasteiger partial charge in [-0.05, 0) is 25.1 Å². The maximum Gasteiger partial charge on any atom is 0.246 e. The van der Waals surface area contributed by atoms with Crippen LogP contribution in [0.25, 0.3) is 0 Å². The number of amides is 1. The van der Waals surface area contributed by atoms with E-state index >= 15 is 0 Å². The topological polar surface area (TPSA) is 46.3 Å². The van der Waals surface area contributed by atoms with Crippen molar-refractivity contribution in [3.05, 3.63) is 28.7 Å². The van der Waals surface area contributed by atoms with Gasteiger partial charge in [0.05, 0.1) is 6.04 Å². The number of β-lactam (4-membered cyclic amide) rings is 1. The van der Waals surface area contributed by atoms with E-state index in [0.29, 0.717) is 0 Å². The monoisotopic (exact) mass is 254 g/mol. The van der Waals surface area contributed by atoms with Gasteiger partial charge in [-0.15, -0.1) is 0 Å². The van der Waals surface area contributed by atoms with Gasteiger partial charge in [0, 0.05) is 10.2 Å². The lowest BCUT2D eigenvalue weighted by atomic mass is 9.97. The van der Waals surface area contributed by atoms with Crippen LogP contribution in [0.4, 0.5) is 5.69 Å². The van der Waals surface area contributed by atoms with E-state index in [1.807, 2.05) is 31.2 Å². The summed E-state index contributed by atoms with van der Waals surface area (Å²) in [5, 5.41) is 0. The van der Waals surface area contributed by atoms with Gasteiger partial charge in [-0.2, -0.15) is 0 Å². The van der Waals surface area contributed by atoms with Crippen LogP contribution in [0.2, 0.25) is 0 Å². The number of benzene rings is 1. The summed E-state index contributed by atoms with van der Waals surface area (Å²) in [6.07, 6.45) is 0. The minimum absolute atomic E-state index is 0.00407. The van der Waals surface area contributed by atoms with E-state index in [4.69, 9.17) is 5.73 Å². The molecule has 0 unspecified atom stereocenters. The van der Waals surface area contributed by atoms with Gasteiger partial charge in [0.25, 0.3) is 0 Å². The fourth-order valence-corrected chi connectivity index (χ4v) is 2.02. The standard InChI is InChI=1S/C10H11BrN2O/c1-6-9(12)10(14)13(6)8-4-2-3-7(11)5-8/h2-6,9H,12H2,1H3/t6-,9-/m0/s1. The lowest BCUT2D eigenvalue weighted by Gasteiger charge is -2.43. The molecular formula is C10H11BrN2O. The highest BCUT2D eigenvalue weighted by molar-refractivity contribution is 9.10. The van der Waals surface area contributed by atoms with Gasteiger partial charge in [-0.25, -0.2) is 0 Å². The third-order valence-electron chi connectivity index (χ3n) is 2.54. The Labute approximate surface area is 91.0 Å². The number of hydrogen-bond acceptors (Lipinski definition) is 2. The second kappa shape index (κ2) is 3.37. The Morgan fingerprint density at radius 1 is 1.50 bits per heavy atom. The van der Waals surface area contributed by atoms with Crippen LogP contribution >= 0.6 is 15.9 Å². The van der Waals surface area contributed by atoms with Crippen molar-refractivity contribution in [3.63, 3.8) is 0 Å². The summed E-state index contributed by atoms with van der Waals surface area (Å²) in [6.45, 7) is 1.95. The first-order valence-corrected chi connectivity index (χ1v) is 5.25. The zero-order valence-corrected chi connectivity index (χ0v) is 9.36. The van der Waals surface area contributed by atoms with Crippen molar-refractivity contribution in [1.29, 1.82) is 0 Å². The van der Waals surface area contributed by atoms with E-state index in [-0.39, 0.29) is 18.0 Å². The van der Waals surface area contributed by atoms with Crippen LogP contribution in [0.1, 0.15) is 6.92 Å². The number of nitrogens with two attached hydrogens (primary N) is 1. The number of anilines is 1. The molecule has 14 heavy (non-hydrogen) atoms. The summed E-state index contributed by atoms with van der Waals surface area (Å²) in [5.41, 5.74) is 6.53. The highest BCUT2D eigenvalue weighted by Gasteiger charge is 2.42. The van der Waals surface area contributed by atoms with E-state index in [1.54, 1.807) is 4.90 Å². The lowest BCUT2D eigenvalue weighted by Crippen LogP contribution is -2.67. The van der Waals surface area contributed by atoms with Gasteiger partial charge < -0.3 is 10.6 Å². The molecule has 1 aliphatic heterocycles. The molecule has 1 heterocycles. The first kappa shape index (κ1) is 9.68. The molecule has 2 atom stereocenters. The molecule has 1 saturated heterocycles. The molecular weight excluding hydrogens is 244 g/mol. The van der Waals surface area contributed by atoms with Crippen LogP contribution in [0.5, 0.6) is 0 Å². The number of nitrogens with zero attached hydrogens (tertiary/aromatic N) is 1. The molecule has 1 amide bonds. The fourth-order valence-electron chi connectivity index (χ4n) is 1.63. The zero-order valence-electron chi connectivity index (χ0n) is 7.77. The first-order chi connectivity index (χ1) is 6.61. The molecule has 2 N–H and O–H groups in total. The molecule has 1 aliphatic rings. The second-order valence-corrected chi connectivity index (χ2v) is 4.37. The summed E-state index contributed by atoms with van der Waals surface area (Å²) >= 11 is 3.37. The number of carbonyl (C=O) groups is 1. The average Bonchev–Trinajstić information content (AvgIpc) is 2.18. The van der Waals surface area contributed by atoms with E-state index in [0.717, 1.165) is 10.2 Å². The molecule has 3 nitrogen and oxygen atoms in total. The Morgan fingerprint density at radius 3 is 2.79 bits per heavy atom. The van der Waals surface area contributed by atoms with E-state index in [9.17, 15) is 4.79 Å². The zero-order chi connectivity index (χ0) is 10.3. The SMILES string of the molecule is C[C@H]1[C@H](N)C(=O)N1c1cccc(Br)c1. The normalized spacial score (nSPS) is 26.2. The quantitative estimate of drug-likeness (QED) is 0.773. The van der Waals surface area contributed by atoms with Crippen LogP contribution in [0.3, 0.4) is 0 Å². The first-order valence-electron chi connectivity index (χ1n) is 4.45. The van der Waals surface area contributed by atoms with E-state index in [1.165, 1.54) is 0 Å². The van der Waals surface area contributed by atoms with Crippen molar-refractivity contribution in [1.82, 2.24) is 0 Å². The molecule has 1 fully saturated rings. The van der Waals surface area contributed by atoms with Gasteiger partial charge >= 0.3 is 0 Å². The van der Waals surface area contributed by atoms with Crippen molar-refractivity contribution in [2.45, 2.75) is 19.0 Å². The van der Waals surface area contributed by atoms with Gasteiger partial charge in [-0.1, -0.05) is 22.0 Å². The maximum absolute atomic E-state index is 11.5. The van der Waals surface area contributed by atoms with Crippen molar-refractivity contribution in [3.8, 4) is 0 Å². The third-order valence-corrected chi connectivity index (χ3v) is 3.03. The summed E-state index contributed by atoms with van der Waals surface area (Å²) in [7, 11) is 0. The van der Waals surface area contributed by atoms with Crippen LogP contribution in [-0.2, 0) is 4.79 Å². The Kier molecular flexibility index (Phi) is 2.33. The van der Waals surface area contributed by atoms with Gasteiger partial charge in [0.15, 0.2) is 0 Å². The molecule has 0 aromatic heterocycles. The summed E-state index contributed by atoms with van der Waals surface area (Å²) in [6, 6.07) is 7.42. The number of halogens is 1. The van der Waals surface area contributed by atoms with E-state index < -0.39 is 0 Å². The number of hydrogen-bond donors (Lipinski definition) is 1. The molecule has 74 valence electrons. The number of carbonyl (C=O) groups excluding carboxylic acids is 1. The molecule has 0 radical (unpaired) electrons. The molecule has 0 aliphatic carbocycles. The van der Waals surface area contributed by atoms with Crippen LogP contribution in [-0.4, -0.2) is 18.0 Å². The highest BCUT2D eigenvalue weighted by Crippen LogP contribution is 2.28. The van der Waals surface area contributed by atoms with Crippen LogP contribution in [0.15, 0.2) is 28.7 Å².